The van der Waals surface area contributed by atoms with Gasteiger partial charge >= 0.3 is 0 Å². The van der Waals surface area contributed by atoms with E-state index in [0.717, 1.165) is 33.6 Å². The number of benzene rings is 6. The van der Waals surface area contributed by atoms with E-state index in [2.05, 4.69) is 156 Å². The molecule has 2 aromatic heterocycles. The third kappa shape index (κ3) is 4.38. The summed E-state index contributed by atoms with van der Waals surface area (Å²) in [5, 5.41) is 0. The summed E-state index contributed by atoms with van der Waals surface area (Å²) < 4.78 is 10.4. The van der Waals surface area contributed by atoms with Crippen LogP contribution >= 0.6 is 0 Å². The third-order valence-corrected chi connectivity index (χ3v) is 9.44. The molecule has 1 aliphatic rings. The second-order valence-electron chi connectivity index (χ2n) is 11.9. The first-order valence-corrected chi connectivity index (χ1v) is 15.7. The van der Waals surface area contributed by atoms with Crippen molar-refractivity contribution in [3.05, 3.63) is 193 Å². The van der Waals surface area contributed by atoms with E-state index >= 15 is 0 Å². The topological polar surface area (TPSA) is 52.1 Å². The Balaban J connectivity index is 1.24. The van der Waals surface area contributed by atoms with Crippen molar-refractivity contribution in [3.63, 3.8) is 0 Å². The molecule has 0 atom stereocenters. The molecule has 4 heteroatoms. The highest BCUT2D eigenvalue weighted by Crippen LogP contribution is 2.57. The molecule has 0 bridgehead atoms. The van der Waals surface area contributed by atoms with Crippen molar-refractivity contribution in [2.45, 2.75) is 5.41 Å². The van der Waals surface area contributed by atoms with Gasteiger partial charge in [-0.05, 0) is 67.8 Å². The first-order valence-electron chi connectivity index (χ1n) is 15.7. The summed E-state index contributed by atoms with van der Waals surface area (Å²) in [4.78, 5) is 8.63. The van der Waals surface area contributed by atoms with Crippen LogP contribution in [0.5, 0.6) is 0 Å². The molecule has 4 nitrogen and oxygen atoms in total. The van der Waals surface area contributed by atoms with E-state index < -0.39 is 5.41 Å². The Morgan fingerprint density at radius 2 is 0.766 bits per heavy atom. The molecule has 0 amide bonds. The number of oxazole rings is 2. The van der Waals surface area contributed by atoms with E-state index in [0.29, 0.717) is 0 Å². The first-order chi connectivity index (χ1) is 23.3. The smallest absolute Gasteiger partial charge is 0.181 e. The summed E-state index contributed by atoms with van der Waals surface area (Å²) >= 11 is 0. The van der Waals surface area contributed by atoms with Gasteiger partial charge in [0.05, 0.1) is 5.41 Å². The van der Waals surface area contributed by atoms with Crippen LogP contribution in [0.4, 0.5) is 0 Å². The normalized spacial score (nSPS) is 12.9. The lowest BCUT2D eigenvalue weighted by Crippen LogP contribution is -2.28. The summed E-state index contributed by atoms with van der Waals surface area (Å²) in [6.45, 7) is 0. The van der Waals surface area contributed by atoms with Crippen molar-refractivity contribution < 1.29 is 8.83 Å². The van der Waals surface area contributed by atoms with Crippen LogP contribution in [0.1, 0.15) is 22.3 Å². The Morgan fingerprint density at radius 1 is 0.383 bits per heavy atom. The third-order valence-electron chi connectivity index (χ3n) is 9.44. The largest absolute Gasteiger partial charge is 0.451 e. The summed E-state index contributed by atoms with van der Waals surface area (Å²) in [5.41, 5.74) is 15.4. The summed E-state index contributed by atoms with van der Waals surface area (Å²) in [5.74, 6) is 0. The predicted octanol–water partition coefficient (Wildman–Crippen LogP) is 10.7. The quantitative estimate of drug-likeness (QED) is 0.189. The number of nitrogens with zero attached hydrogens (tertiary/aromatic N) is 2. The summed E-state index contributed by atoms with van der Waals surface area (Å²) in [6, 6.07) is 52.9. The molecule has 9 rings (SSSR count). The molecular formula is C43H28N2O2. The fourth-order valence-corrected chi connectivity index (χ4v) is 7.23. The van der Waals surface area contributed by atoms with Crippen LogP contribution < -0.4 is 0 Å². The fraction of sp³-hybridized carbons (Fsp3) is 0.0233. The lowest BCUT2D eigenvalue weighted by atomic mass is 9.67. The van der Waals surface area contributed by atoms with Gasteiger partial charge in [-0.3, -0.25) is 0 Å². The van der Waals surface area contributed by atoms with Gasteiger partial charge in [0.2, 0.25) is 0 Å². The van der Waals surface area contributed by atoms with Crippen LogP contribution in [-0.4, -0.2) is 9.97 Å². The summed E-state index contributed by atoms with van der Waals surface area (Å²) in [7, 11) is 0. The highest BCUT2D eigenvalue weighted by atomic mass is 16.3. The molecule has 47 heavy (non-hydrogen) atoms. The van der Waals surface area contributed by atoms with Crippen LogP contribution in [0.3, 0.4) is 0 Å². The van der Waals surface area contributed by atoms with E-state index in [1.807, 2.05) is 0 Å². The van der Waals surface area contributed by atoms with Crippen LogP contribution in [0.2, 0.25) is 0 Å². The second kappa shape index (κ2) is 11.0. The van der Waals surface area contributed by atoms with Gasteiger partial charge in [-0.25, -0.2) is 9.97 Å². The maximum Gasteiger partial charge on any atom is 0.181 e. The lowest BCUT2D eigenvalue weighted by Gasteiger charge is -2.34. The highest BCUT2D eigenvalue weighted by Gasteiger charge is 2.46. The molecule has 0 fully saturated rings. The number of fused-ring (bicyclic) bond motifs is 3. The Labute approximate surface area is 272 Å². The highest BCUT2D eigenvalue weighted by molar-refractivity contribution is 5.90. The zero-order chi connectivity index (χ0) is 31.2. The predicted molar refractivity (Wildman–Crippen MR) is 186 cm³/mol. The van der Waals surface area contributed by atoms with Gasteiger partial charge in [0.15, 0.2) is 12.8 Å². The molecule has 0 saturated heterocycles. The van der Waals surface area contributed by atoms with Crippen molar-refractivity contribution in [2.75, 3.05) is 0 Å². The molecule has 8 aromatic rings. The molecule has 222 valence electrons. The van der Waals surface area contributed by atoms with Gasteiger partial charge in [-0.15, -0.1) is 0 Å². The van der Waals surface area contributed by atoms with Gasteiger partial charge in [0, 0.05) is 11.1 Å². The van der Waals surface area contributed by atoms with Crippen molar-refractivity contribution in [1.29, 1.82) is 0 Å². The van der Waals surface area contributed by atoms with Crippen molar-refractivity contribution in [2.24, 2.45) is 0 Å². The Bertz CT molecular complexity index is 2140. The number of hydrogen-bond donors (Lipinski definition) is 0. The molecule has 1 aliphatic carbocycles. The SMILES string of the molecule is c1ccc(C2(c3ccccc3)c3cc(-c4ccc(-c5cocn5)cc4)ccc3-c3ccc(-c4ccc(-c5cocn5)cc4)cc32)cc1. The van der Waals surface area contributed by atoms with Crippen molar-refractivity contribution >= 4 is 0 Å². The zero-order valence-corrected chi connectivity index (χ0v) is 25.4. The van der Waals surface area contributed by atoms with Crippen molar-refractivity contribution in [3.8, 4) is 55.9 Å². The molecule has 0 unspecified atom stereocenters. The second-order valence-corrected chi connectivity index (χ2v) is 11.9. The molecule has 0 saturated carbocycles. The Hall–Kier alpha value is -6.26. The minimum Gasteiger partial charge on any atom is -0.451 e. The van der Waals surface area contributed by atoms with Gasteiger partial charge < -0.3 is 8.83 Å². The van der Waals surface area contributed by atoms with Crippen LogP contribution in [0, 0.1) is 0 Å². The van der Waals surface area contributed by atoms with Crippen LogP contribution in [0.15, 0.2) is 180 Å². The number of hydrogen-bond acceptors (Lipinski definition) is 4. The van der Waals surface area contributed by atoms with E-state index in [9.17, 15) is 0 Å². The maximum atomic E-state index is 5.21. The minimum atomic E-state index is -0.513. The van der Waals surface area contributed by atoms with Gasteiger partial charge in [-0.1, -0.05) is 133 Å². The first kappa shape index (κ1) is 27.1. The zero-order valence-electron chi connectivity index (χ0n) is 25.4. The summed E-state index contributed by atoms with van der Waals surface area (Å²) in [6.07, 6.45) is 6.28. The van der Waals surface area contributed by atoms with Crippen LogP contribution in [-0.2, 0) is 5.41 Å². The molecule has 0 aliphatic heterocycles. The number of rotatable bonds is 6. The lowest BCUT2D eigenvalue weighted by molar-refractivity contribution is 0.558. The standard InChI is InChI=1S/C43H28N2O2/c1-3-7-35(8-4-1)43(36-9-5-2-6-10-36)39-23-33(29-11-15-31(16-12-29)41-25-46-27-44-41)19-21-37(39)38-22-20-34(24-40(38)43)30-13-17-32(18-14-30)42-26-47-28-45-42/h1-28H. The van der Waals surface area contributed by atoms with E-state index in [-0.39, 0.29) is 0 Å². The maximum absolute atomic E-state index is 5.21. The van der Waals surface area contributed by atoms with Gasteiger partial charge in [0.1, 0.15) is 23.9 Å². The average Bonchev–Trinajstić information content (AvgIpc) is 3.93. The van der Waals surface area contributed by atoms with Crippen molar-refractivity contribution in [1.82, 2.24) is 9.97 Å². The number of aromatic nitrogens is 2. The van der Waals surface area contributed by atoms with Gasteiger partial charge in [0.25, 0.3) is 0 Å². The Morgan fingerprint density at radius 3 is 1.15 bits per heavy atom. The van der Waals surface area contributed by atoms with E-state index in [1.54, 1.807) is 12.5 Å². The molecule has 0 N–H and O–H groups in total. The molecule has 0 radical (unpaired) electrons. The minimum absolute atomic E-state index is 0.513. The van der Waals surface area contributed by atoms with E-state index in [1.165, 1.54) is 57.3 Å². The van der Waals surface area contributed by atoms with Gasteiger partial charge in [-0.2, -0.15) is 0 Å². The Kier molecular flexibility index (Phi) is 6.32. The van der Waals surface area contributed by atoms with Crippen LogP contribution in [0.25, 0.3) is 55.9 Å². The molecule has 2 heterocycles. The van der Waals surface area contributed by atoms with E-state index in [4.69, 9.17) is 8.83 Å². The fourth-order valence-electron chi connectivity index (χ4n) is 7.23. The molecule has 0 spiro atoms. The molecular weight excluding hydrogens is 576 g/mol. The monoisotopic (exact) mass is 604 g/mol. The molecule has 6 aromatic carbocycles. The average molecular weight is 605 g/mol.